The number of aromatic nitrogens is 2. The summed E-state index contributed by atoms with van der Waals surface area (Å²) in [5.74, 6) is 0.941. The van der Waals surface area contributed by atoms with Gasteiger partial charge >= 0.3 is 0 Å². The van der Waals surface area contributed by atoms with Gasteiger partial charge in [0.05, 0.1) is 17.8 Å². The summed E-state index contributed by atoms with van der Waals surface area (Å²) in [5.41, 5.74) is 6.19. The van der Waals surface area contributed by atoms with E-state index in [0.717, 1.165) is 37.2 Å². The van der Waals surface area contributed by atoms with E-state index in [4.69, 9.17) is 5.73 Å². The lowest BCUT2D eigenvalue weighted by Crippen LogP contribution is -2.36. The summed E-state index contributed by atoms with van der Waals surface area (Å²) in [6.45, 7) is 4.55. The minimum absolute atomic E-state index is 0.0454. The first-order valence-corrected chi connectivity index (χ1v) is 6.52. The Labute approximate surface area is 103 Å². The van der Waals surface area contributed by atoms with E-state index in [9.17, 15) is 5.11 Å². The number of aryl methyl sites for hydroxylation is 1. The van der Waals surface area contributed by atoms with Crippen LogP contribution in [0.5, 0.6) is 0 Å². The average molecular weight is 237 g/mol. The lowest BCUT2D eigenvalue weighted by Gasteiger charge is -2.32. The van der Waals surface area contributed by atoms with Gasteiger partial charge in [-0.15, -0.1) is 0 Å². The lowest BCUT2D eigenvalue weighted by atomic mass is 9.85. The maximum atomic E-state index is 10.5. The first-order valence-electron chi connectivity index (χ1n) is 6.52. The van der Waals surface area contributed by atoms with Gasteiger partial charge in [-0.05, 0) is 26.7 Å². The number of aliphatic hydroxyl groups is 1. The zero-order valence-corrected chi connectivity index (χ0v) is 10.8. The Balaban J connectivity index is 2.12. The molecule has 2 rings (SSSR count). The van der Waals surface area contributed by atoms with Crippen LogP contribution >= 0.6 is 0 Å². The molecule has 1 aliphatic carbocycles. The van der Waals surface area contributed by atoms with Crippen molar-refractivity contribution in [3.63, 3.8) is 0 Å². The number of hydrogen-bond donors (Lipinski definition) is 2. The van der Waals surface area contributed by atoms with Gasteiger partial charge in [0.2, 0.25) is 0 Å². The summed E-state index contributed by atoms with van der Waals surface area (Å²) in [5, 5.41) is 10.5. The van der Waals surface area contributed by atoms with Crippen LogP contribution in [-0.2, 0) is 6.54 Å². The molecule has 0 bridgehead atoms. The zero-order valence-electron chi connectivity index (χ0n) is 10.8. The van der Waals surface area contributed by atoms with Gasteiger partial charge in [-0.2, -0.15) is 0 Å². The molecule has 0 aromatic carbocycles. The van der Waals surface area contributed by atoms with Crippen molar-refractivity contribution in [3.05, 3.63) is 17.7 Å². The van der Waals surface area contributed by atoms with Crippen LogP contribution in [0.3, 0.4) is 0 Å². The Kier molecular flexibility index (Phi) is 3.54. The molecule has 0 saturated heterocycles. The van der Waals surface area contributed by atoms with Gasteiger partial charge in [0.15, 0.2) is 0 Å². The molecule has 0 spiro atoms. The van der Waals surface area contributed by atoms with Crippen molar-refractivity contribution < 1.29 is 5.11 Å². The van der Waals surface area contributed by atoms with Crippen LogP contribution in [0.25, 0.3) is 0 Å². The van der Waals surface area contributed by atoms with E-state index in [-0.39, 0.29) is 6.04 Å². The maximum Gasteiger partial charge on any atom is 0.105 e. The minimum Gasteiger partial charge on any atom is -0.388 e. The third-order valence-electron chi connectivity index (χ3n) is 3.71. The molecule has 1 aromatic heterocycles. The third kappa shape index (κ3) is 2.87. The first kappa shape index (κ1) is 12.6. The van der Waals surface area contributed by atoms with Crippen molar-refractivity contribution in [2.75, 3.05) is 0 Å². The van der Waals surface area contributed by atoms with Gasteiger partial charge in [-0.1, -0.05) is 19.3 Å². The summed E-state index contributed by atoms with van der Waals surface area (Å²) >= 11 is 0. The molecule has 1 fully saturated rings. The van der Waals surface area contributed by atoms with E-state index in [1.54, 1.807) is 0 Å². The Bertz CT molecular complexity index is 378. The van der Waals surface area contributed by atoms with Crippen molar-refractivity contribution in [3.8, 4) is 0 Å². The number of hydrogen-bond acceptors (Lipinski definition) is 3. The molecule has 1 aliphatic rings. The van der Waals surface area contributed by atoms with Gasteiger partial charge in [-0.25, -0.2) is 4.98 Å². The van der Waals surface area contributed by atoms with Crippen LogP contribution in [-0.4, -0.2) is 20.3 Å². The van der Waals surface area contributed by atoms with E-state index in [1.807, 2.05) is 24.6 Å². The number of rotatable bonds is 3. The van der Waals surface area contributed by atoms with E-state index >= 15 is 0 Å². The maximum absolute atomic E-state index is 10.5. The highest BCUT2D eigenvalue weighted by atomic mass is 16.3. The number of nitrogens with two attached hydrogens (primary N) is 1. The molecule has 0 amide bonds. The summed E-state index contributed by atoms with van der Waals surface area (Å²) in [4.78, 5) is 4.43. The van der Waals surface area contributed by atoms with Crippen molar-refractivity contribution in [1.82, 2.24) is 9.55 Å². The van der Waals surface area contributed by atoms with Crippen LogP contribution in [0.15, 0.2) is 6.20 Å². The molecule has 3 N–H and O–H groups in total. The topological polar surface area (TPSA) is 64.1 Å². The van der Waals surface area contributed by atoms with Crippen LogP contribution in [0.2, 0.25) is 0 Å². The molecule has 96 valence electrons. The Morgan fingerprint density at radius 2 is 2.12 bits per heavy atom. The highest BCUT2D eigenvalue weighted by Crippen LogP contribution is 2.30. The second kappa shape index (κ2) is 4.78. The normalized spacial score (nSPS) is 21.4. The van der Waals surface area contributed by atoms with Gasteiger partial charge < -0.3 is 15.4 Å². The van der Waals surface area contributed by atoms with E-state index in [1.165, 1.54) is 6.42 Å². The molecule has 1 aromatic rings. The monoisotopic (exact) mass is 237 g/mol. The number of nitrogens with zero attached hydrogens (tertiary/aromatic N) is 2. The van der Waals surface area contributed by atoms with Crippen LogP contribution in [0, 0.1) is 6.92 Å². The second-order valence-corrected chi connectivity index (χ2v) is 5.41. The molecule has 0 aliphatic heterocycles. The van der Waals surface area contributed by atoms with E-state index in [2.05, 4.69) is 4.98 Å². The summed E-state index contributed by atoms with van der Waals surface area (Å²) in [6, 6.07) is -0.0454. The SMILES string of the molecule is Cc1nc(C(C)N)cn1CC1(O)CCCCC1. The summed E-state index contributed by atoms with van der Waals surface area (Å²) < 4.78 is 2.05. The smallest absolute Gasteiger partial charge is 0.105 e. The fourth-order valence-electron chi connectivity index (χ4n) is 2.60. The largest absolute Gasteiger partial charge is 0.388 e. The molecule has 17 heavy (non-hydrogen) atoms. The molecule has 1 heterocycles. The van der Waals surface area contributed by atoms with Gasteiger partial charge in [0, 0.05) is 12.2 Å². The highest BCUT2D eigenvalue weighted by molar-refractivity contribution is 5.07. The summed E-state index contributed by atoms with van der Waals surface area (Å²) in [7, 11) is 0. The standard InChI is InChI=1S/C13H23N3O/c1-10(14)12-8-16(11(2)15-12)9-13(17)6-4-3-5-7-13/h8,10,17H,3-7,9,14H2,1-2H3. The van der Waals surface area contributed by atoms with Crippen molar-refractivity contribution in [1.29, 1.82) is 0 Å². The molecule has 4 nitrogen and oxygen atoms in total. The predicted octanol–water partition coefficient (Wildman–Crippen LogP) is 1.91. The van der Waals surface area contributed by atoms with E-state index in [0.29, 0.717) is 6.54 Å². The first-order chi connectivity index (χ1) is 8.00. The van der Waals surface area contributed by atoms with Gasteiger partial charge in [-0.3, -0.25) is 0 Å². The fraction of sp³-hybridized carbons (Fsp3) is 0.769. The van der Waals surface area contributed by atoms with Crippen molar-refractivity contribution in [2.45, 2.75) is 64.1 Å². The van der Waals surface area contributed by atoms with Crippen LogP contribution in [0.1, 0.15) is 56.6 Å². The van der Waals surface area contributed by atoms with E-state index < -0.39 is 5.60 Å². The quantitative estimate of drug-likeness (QED) is 0.844. The van der Waals surface area contributed by atoms with Crippen molar-refractivity contribution in [2.24, 2.45) is 5.73 Å². The van der Waals surface area contributed by atoms with Crippen LogP contribution < -0.4 is 5.73 Å². The average Bonchev–Trinajstić information content (AvgIpc) is 2.61. The zero-order chi connectivity index (χ0) is 12.5. The summed E-state index contributed by atoms with van der Waals surface area (Å²) in [6.07, 6.45) is 7.29. The molecule has 1 unspecified atom stereocenters. The molecular formula is C13H23N3O. The second-order valence-electron chi connectivity index (χ2n) is 5.41. The molecular weight excluding hydrogens is 214 g/mol. The molecule has 4 heteroatoms. The fourth-order valence-corrected chi connectivity index (χ4v) is 2.60. The minimum atomic E-state index is -0.543. The third-order valence-corrected chi connectivity index (χ3v) is 3.71. The Hall–Kier alpha value is -0.870. The Morgan fingerprint density at radius 3 is 2.65 bits per heavy atom. The number of imidazole rings is 1. The molecule has 1 saturated carbocycles. The van der Waals surface area contributed by atoms with Crippen molar-refractivity contribution >= 4 is 0 Å². The highest BCUT2D eigenvalue weighted by Gasteiger charge is 2.30. The molecule has 1 atom stereocenters. The lowest BCUT2D eigenvalue weighted by molar-refractivity contribution is -0.0119. The Morgan fingerprint density at radius 1 is 1.47 bits per heavy atom. The van der Waals surface area contributed by atoms with Gasteiger partial charge in [0.1, 0.15) is 5.82 Å². The molecule has 0 radical (unpaired) electrons. The van der Waals surface area contributed by atoms with Crippen LogP contribution in [0.4, 0.5) is 0 Å². The predicted molar refractivity (Wildman–Crippen MR) is 67.6 cm³/mol. The van der Waals surface area contributed by atoms with Gasteiger partial charge in [0.25, 0.3) is 0 Å².